The van der Waals surface area contributed by atoms with E-state index in [1.165, 1.54) is 25.2 Å². The van der Waals surface area contributed by atoms with Crippen LogP contribution < -0.4 is 0 Å². The summed E-state index contributed by atoms with van der Waals surface area (Å²) in [6.45, 7) is 1.70. The molecule has 1 rings (SSSR count). The smallest absolute Gasteiger partial charge is 0.335 e. The van der Waals surface area contributed by atoms with Crippen LogP contribution in [-0.2, 0) is 0 Å². The number of aryl methyl sites for hydroxylation is 1. The first-order chi connectivity index (χ1) is 6.02. The van der Waals surface area contributed by atoms with Crippen molar-refractivity contribution in [2.45, 2.75) is 6.92 Å². The molecule has 1 aromatic carbocycles. The van der Waals surface area contributed by atoms with Gasteiger partial charge in [-0.15, -0.1) is 0 Å². The van der Waals surface area contributed by atoms with Crippen molar-refractivity contribution < 1.29 is 14.7 Å². The molecule has 0 amide bonds. The number of rotatable bonds is 2. The first kappa shape index (κ1) is 9.38. The van der Waals surface area contributed by atoms with Gasteiger partial charge in [-0.3, -0.25) is 0 Å². The Hall–Kier alpha value is -1.71. The minimum atomic E-state index is -0.983. The fourth-order valence-corrected chi connectivity index (χ4v) is 1.14. The Morgan fingerprint density at radius 1 is 1.46 bits per heavy atom. The van der Waals surface area contributed by atoms with E-state index in [-0.39, 0.29) is 5.56 Å². The molecule has 0 aromatic heterocycles. The Morgan fingerprint density at radius 2 is 2.08 bits per heavy atom. The van der Waals surface area contributed by atoms with Crippen molar-refractivity contribution in [3.05, 3.63) is 34.2 Å². The summed E-state index contributed by atoms with van der Waals surface area (Å²) < 4.78 is 0.709. The fourth-order valence-electron chi connectivity index (χ4n) is 1.14. The summed E-state index contributed by atoms with van der Waals surface area (Å²) in [7, 11) is 1.38. The van der Waals surface area contributed by atoms with E-state index in [2.05, 4.69) is 0 Å². The summed E-state index contributed by atoms with van der Waals surface area (Å²) in [5.74, 6) is -0.983. The molecule has 0 saturated heterocycles. The van der Waals surface area contributed by atoms with Crippen molar-refractivity contribution in [1.82, 2.24) is 0 Å². The van der Waals surface area contributed by atoms with Crippen LogP contribution in [-0.4, -0.2) is 22.9 Å². The molecular formula is C9H10NO3+. The molecule has 0 heterocycles. The highest BCUT2D eigenvalue weighted by Crippen LogP contribution is 2.17. The normalized spacial score (nSPS) is 9.69. The monoisotopic (exact) mass is 180 g/mol. The second-order valence-electron chi connectivity index (χ2n) is 2.80. The largest absolute Gasteiger partial charge is 0.478 e. The molecule has 0 aliphatic heterocycles. The van der Waals surface area contributed by atoms with Crippen LogP contribution in [0.25, 0.3) is 0 Å². The van der Waals surface area contributed by atoms with Crippen molar-refractivity contribution in [2.75, 3.05) is 7.05 Å². The zero-order valence-electron chi connectivity index (χ0n) is 7.44. The van der Waals surface area contributed by atoms with Gasteiger partial charge in [0.15, 0.2) is 7.05 Å². The maximum absolute atomic E-state index is 10.9. The van der Waals surface area contributed by atoms with Crippen LogP contribution in [0.15, 0.2) is 18.2 Å². The number of carbonyl (C=O) groups is 1. The van der Waals surface area contributed by atoms with Crippen LogP contribution in [0.3, 0.4) is 0 Å². The number of nitroso groups, excluding NO2 is 1. The summed E-state index contributed by atoms with van der Waals surface area (Å²) in [5.41, 5.74) is 1.35. The molecule has 0 spiro atoms. The average Bonchev–Trinajstić information content (AvgIpc) is 2.03. The van der Waals surface area contributed by atoms with E-state index in [9.17, 15) is 9.70 Å². The van der Waals surface area contributed by atoms with Crippen LogP contribution in [0, 0.1) is 11.8 Å². The van der Waals surface area contributed by atoms with E-state index >= 15 is 0 Å². The van der Waals surface area contributed by atoms with Crippen LogP contribution in [0.4, 0.5) is 5.69 Å². The summed E-state index contributed by atoms with van der Waals surface area (Å²) in [5, 5.41) is 8.65. The second-order valence-corrected chi connectivity index (χ2v) is 2.80. The number of hydrogen-bond donors (Lipinski definition) is 1. The molecule has 1 aromatic rings. The number of hydrogen-bond acceptors (Lipinski definition) is 2. The highest BCUT2D eigenvalue weighted by molar-refractivity contribution is 5.88. The molecule has 0 aliphatic carbocycles. The Kier molecular flexibility index (Phi) is 2.41. The minimum absolute atomic E-state index is 0.197. The molecule has 0 unspecified atom stereocenters. The van der Waals surface area contributed by atoms with Crippen molar-refractivity contribution >= 4 is 11.7 Å². The fraction of sp³-hybridized carbons (Fsp3) is 0.222. The number of nitrogens with zero attached hydrogens (tertiary/aromatic N) is 1. The number of carboxylic acid groups (broad SMARTS) is 1. The second kappa shape index (κ2) is 3.35. The van der Waals surface area contributed by atoms with Crippen LogP contribution in [0.1, 0.15) is 15.9 Å². The highest BCUT2D eigenvalue weighted by atomic mass is 16.4. The quantitative estimate of drug-likeness (QED) is 0.705. The highest BCUT2D eigenvalue weighted by Gasteiger charge is 2.13. The molecule has 4 nitrogen and oxygen atoms in total. The van der Waals surface area contributed by atoms with Crippen molar-refractivity contribution in [2.24, 2.45) is 0 Å². The van der Waals surface area contributed by atoms with Gasteiger partial charge in [-0.25, -0.2) is 4.79 Å². The van der Waals surface area contributed by atoms with Gasteiger partial charge >= 0.3 is 5.97 Å². The first-order valence-corrected chi connectivity index (χ1v) is 3.77. The standard InChI is InChI=1S/C9H9NO3/c1-6-5-7(9(11)12)3-4-8(6)10(2)13/h3-5H,1-2H3/p+1. The maximum Gasteiger partial charge on any atom is 0.335 e. The molecule has 0 aliphatic rings. The summed E-state index contributed by atoms with van der Waals surface area (Å²) in [6.07, 6.45) is 0. The third-order valence-corrected chi connectivity index (χ3v) is 1.78. The van der Waals surface area contributed by atoms with Gasteiger partial charge in [0.25, 0.3) is 5.69 Å². The van der Waals surface area contributed by atoms with Gasteiger partial charge in [-0.2, -0.15) is 0 Å². The third-order valence-electron chi connectivity index (χ3n) is 1.78. The molecule has 0 fully saturated rings. The Bertz CT molecular complexity index is 371. The van der Waals surface area contributed by atoms with E-state index in [0.29, 0.717) is 16.0 Å². The van der Waals surface area contributed by atoms with Gasteiger partial charge in [0, 0.05) is 21.3 Å². The minimum Gasteiger partial charge on any atom is -0.478 e. The number of benzene rings is 1. The lowest BCUT2D eigenvalue weighted by atomic mass is 10.1. The Labute approximate surface area is 75.4 Å². The molecule has 0 radical (unpaired) electrons. The van der Waals surface area contributed by atoms with Gasteiger partial charge in [-0.1, -0.05) is 0 Å². The molecule has 0 atom stereocenters. The summed E-state index contributed by atoms with van der Waals surface area (Å²) in [4.78, 5) is 21.5. The van der Waals surface area contributed by atoms with Crippen molar-refractivity contribution in [3.63, 3.8) is 0 Å². The first-order valence-electron chi connectivity index (χ1n) is 3.77. The Morgan fingerprint density at radius 3 is 2.46 bits per heavy atom. The maximum atomic E-state index is 10.9. The van der Waals surface area contributed by atoms with Crippen LogP contribution >= 0.6 is 0 Å². The van der Waals surface area contributed by atoms with Crippen molar-refractivity contribution in [3.8, 4) is 0 Å². The molecule has 68 valence electrons. The van der Waals surface area contributed by atoms with Crippen LogP contribution in [0.2, 0.25) is 0 Å². The van der Waals surface area contributed by atoms with Gasteiger partial charge in [-0.05, 0) is 19.1 Å². The molecular weight excluding hydrogens is 170 g/mol. The number of carboxylic acids is 1. The van der Waals surface area contributed by atoms with Gasteiger partial charge in [0.1, 0.15) is 0 Å². The van der Waals surface area contributed by atoms with Crippen molar-refractivity contribution in [1.29, 1.82) is 0 Å². The third kappa shape index (κ3) is 1.90. The zero-order chi connectivity index (χ0) is 10.0. The van der Waals surface area contributed by atoms with E-state index in [1.807, 2.05) is 0 Å². The van der Waals surface area contributed by atoms with Gasteiger partial charge < -0.3 is 5.11 Å². The van der Waals surface area contributed by atoms with E-state index < -0.39 is 5.97 Å². The van der Waals surface area contributed by atoms with E-state index in [4.69, 9.17) is 5.11 Å². The summed E-state index contributed by atoms with van der Waals surface area (Å²) in [6, 6.07) is 4.40. The summed E-state index contributed by atoms with van der Waals surface area (Å²) >= 11 is 0. The SMILES string of the molecule is Cc1cc(C(=O)O)ccc1[N+](C)=O. The zero-order valence-corrected chi connectivity index (χ0v) is 7.44. The van der Waals surface area contributed by atoms with Gasteiger partial charge in [0.05, 0.1) is 5.56 Å². The predicted octanol–water partition coefficient (Wildman–Crippen LogP) is 1.73. The lowest BCUT2D eigenvalue weighted by molar-refractivity contribution is -0.428. The van der Waals surface area contributed by atoms with Gasteiger partial charge in [0.2, 0.25) is 0 Å². The van der Waals surface area contributed by atoms with Crippen LogP contribution in [0.5, 0.6) is 0 Å². The molecule has 4 heteroatoms. The average molecular weight is 180 g/mol. The van der Waals surface area contributed by atoms with E-state index in [0.717, 1.165) is 0 Å². The molecule has 1 N–H and O–H groups in total. The molecule has 13 heavy (non-hydrogen) atoms. The lowest BCUT2D eigenvalue weighted by Crippen LogP contribution is -1.99. The van der Waals surface area contributed by atoms with E-state index in [1.54, 1.807) is 6.92 Å². The lowest BCUT2D eigenvalue weighted by Gasteiger charge is -1.96. The predicted molar refractivity (Wildman–Crippen MR) is 47.3 cm³/mol. The Balaban J connectivity index is 3.20. The molecule has 0 saturated carbocycles. The number of aromatic carboxylic acids is 1. The molecule has 0 bridgehead atoms. The topological polar surface area (TPSA) is 57.4 Å².